The topological polar surface area (TPSA) is 61.4 Å². The van der Waals surface area contributed by atoms with Crippen LogP contribution in [0.25, 0.3) is 0 Å². The van der Waals surface area contributed by atoms with Gasteiger partial charge in [0.1, 0.15) is 5.75 Å². The number of halogens is 4. The van der Waals surface area contributed by atoms with Crippen LogP contribution in [0, 0.1) is 23.3 Å². The number of carboxylic acids is 1. The highest BCUT2D eigenvalue weighted by molar-refractivity contribution is 5.94. The Hall–Kier alpha value is -2.77. The first-order valence-electron chi connectivity index (χ1n) is 5.85. The molecule has 22 heavy (non-hydrogen) atoms. The molecule has 0 aliphatic heterocycles. The van der Waals surface area contributed by atoms with E-state index in [1.807, 2.05) is 0 Å². The van der Waals surface area contributed by atoms with Gasteiger partial charge in [0.15, 0.2) is 23.3 Å². The fourth-order valence-corrected chi connectivity index (χ4v) is 1.79. The molecule has 4 nitrogen and oxygen atoms in total. The van der Waals surface area contributed by atoms with Gasteiger partial charge in [-0.05, 0) is 12.1 Å². The molecule has 0 heterocycles. The van der Waals surface area contributed by atoms with Crippen molar-refractivity contribution in [3.8, 4) is 5.75 Å². The molecule has 0 fully saturated rings. The summed E-state index contributed by atoms with van der Waals surface area (Å²) in [5, 5.41) is 13.1. The molecule has 1 N–H and O–H groups in total. The molecular weight excluding hydrogens is 306 g/mol. The Kier molecular flexibility index (Phi) is 4.20. The number of nitrogens with one attached hydrogen (secondary N) is 1. The minimum atomic E-state index is -2.23. The van der Waals surface area contributed by atoms with Crippen LogP contribution in [0.4, 0.5) is 28.9 Å². The second kappa shape index (κ2) is 5.92. The van der Waals surface area contributed by atoms with Crippen molar-refractivity contribution in [2.75, 3.05) is 12.4 Å². The zero-order valence-corrected chi connectivity index (χ0v) is 11.0. The van der Waals surface area contributed by atoms with Crippen molar-refractivity contribution in [1.82, 2.24) is 0 Å². The number of ether oxygens (including phenoxy) is 1. The number of anilines is 2. The van der Waals surface area contributed by atoms with E-state index in [-0.39, 0.29) is 5.69 Å². The number of carbonyl (C=O) groups excluding carboxylic acids is 1. The third kappa shape index (κ3) is 2.67. The van der Waals surface area contributed by atoms with Crippen molar-refractivity contribution in [3.63, 3.8) is 0 Å². The number of hydrogen-bond acceptors (Lipinski definition) is 4. The molecule has 0 spiro atoms. The quantitative estimate of drug-likeness (QED) is 0.535. The highest BCUT2D eigenvalue weighted by atomic mass is 19.2. The molecule has 0 amide bonds. The van der Waals surface area contributed by atoms with Gasteiger partial charge in [-0.25, -0.2) is 17.6 Å². The normalized spacial score (nSPS) is 10.4. The van der Waals surface area contributed by atoms with E-state index in [1.54, 1.807) is 0 Å². The molecule has 0 unspecified atom stereocenters. The van der Waals surface area contributed by atoms with Crippen molar-refractivity contribution in [3.05, 3.63) is 53.1 Å². The molecule has 2 aromatic rings. The molecule has 2 rings (SSSR count). The van der Waals surface area contributed by atoms with Gasteiger partial charge in [0.2, 0.25) is 0 Å². The van der Waals surface area contributed by atoms with Crippen molar-refractivity contribution in [2.24, 2.45) is 0 Å². The Balaban J connectivity index is 2.61. The largest absolute Gasteiger partial charge is 0.545 e. The molecular formula is C14H8F4NO3-. The van der Waals surface area contributed by atoms with Crippen LogP contribution in [0.1, 0.15) is 10.4 Å². The summed E-state index contributed by atoms with van der Waals surface area (Å²) in [6.07, 6.45) is 0. The highest BCUT2D eigenvalue weighted by Crippen LogP contribution is 2.31. The lowest BCUT2D eigenvalue weighted by Gasteiger charge is -2.16. The smallest absolute Gasteiger partial charge is 0.199 e. The van der Waals surface area contributed by atoms with Gasteiger partial charge in [-0.3, -0.25) is 0 Å². The molecule has 8 heteroatoms. The minimum Gasteiger partial charge on any atom is -0.545 e. The Morgan fingerprint density at radius 2 is 1.73 bits per heavy atom. The van der Waals surface area contributed by atoms with Crippen LogP contribution in [0.2, 0.25) is 0 Å². The summed E-state index contributed by atoms with van der Waals surface area (Å²) in [4.78, 5) is 10.9. The van der Waals surface area contributed by atoms with E-state index in [4.69, 9.17) is 4.74 Å². The number of carbonyl (C=O) groups is 1. The SMILES string of the molecule is COc1cccc(Nc2c(F)c(F)c(F)c(F)c2C(=O)[O-])c1. The maximum absolute atomic E-state index is 13.8. The minimum absolute atomic E-state index is 0.0751. The number of methoxy groups -OCH3 is 1. The second-order valence-corrected chi connectivity index (χ2v) is 4.15. The standard InChI is InChI=1S/C14H9F4NO3/c1-22-7-4-2-3-6(5-7)19-13-8(14(20)21)9(15)10(16)11(17)12(13)18/h2-5,19H,1H3,(H,20,21)/p-1. The molecule has 0 aromatic heterocycles. The Labute approximate surface area is 121 Å². The van der Waals surface area contributed by atoms with E-state index in [0.717, 1.165) is 0 Å². The van der Waals surface area contributed by atoms with Crippen molar-refractivity contribution in [1.29, 1.82) is 0 Å². The van der Waals surface area contributed by atoms with Crippen LogP contribution in [-0.4, -0.2) is 13.1 Å². The molecule has 0 saturated carbocycles. The predicted molar refractivity (Wildman–Crippen MR) is 66.9 cm³/mol. The van der Waals surface area contributed by atoms with Crippen LogP contribution < -0.4 is 15.2 Å². The molecule has 2 aromatic carbocycles. The summed E-state index contributed by atoms with van der Waals surface area (Å²) < 4.78 is 58.6. The highest BCUT2D eigenvalue weighted by Gasteiger charge is 2.26. The van der Waals surface area contributed by atoms with E-state index >= 15 is 0 Å². The van der Waals surface area contributed by atoms with E-state index in [0.29, 0.717) is 5.75 Å². The molecule has 0 atom stereocenters. The number of carboxylic acid groups (broad SMARTS) is 1. The van der Waals surface area contributed by atoms with Crippen molar-refractivity contribution >= 4 is 17.3 Å². The molecule has 0 radical (unpaired) electrons. The second-order valence-electron chi connectivity index (χ2n) is 4.15. The van der Waals surface area contributed by atoms with Crippen LogP contribution in [0.15, 0.2) is 24.3 Å². The van der Waals surface area contributed by atoms with Gasteiger partial charge < -0.3 is 20.0 Å². The first-order valence-corrected chi connectivity index (χ1v) is 5.85. The summed E-state index contributed by atoms with van der Waals surface area (Å²) in [5.74, 6) is -10.2. The first kappa shape index (κ1) is 15.6. The van der Waals surface area contributed by atoms with E-state index in [9.17, 15) is 27.5 Å². The van der Waals surface area contributed by atoms with Crippen LogP contribution in [0.5, 0.6) is 5.75 Å². The predicted octanol–water partition coefficient (Wildman–Crippen LogP) is 2.36. The van der Waals surface area contributed by atoms with Gasteiger partial charge >= 0.3 is 0 Å². The lowest BCUT2D eigenvalue weighted by atomic mass is 10.1. The molecule has 0 aliphatic rings. The fraction of sp³-hybridized carbons (Fsp3) is 0.0714. The number of benzene rings is 2. The lowest BCUT2D eigenvalue weighted by molar-refractivity contribution is -0.255. The maximum Gasteiger partial charge on any atom is 0.199 e. The monoisotopic (exact) mass is 314 g/mol. The van der Waals surface area contributed by atoms with Gasteiger partial charge in [0.25, 0.3) is 0 Å². The van der Waals surface area contributed by atoms with E-state index in [2.05, 4.69) is 5.32 Å². The molecule has 0 aliphatic carbocycles. The fourth-order valence-electron chi connectivity index (χ4n) is 1.79. The summed E-state index contributed by atoms with van der Waals surface area (Å²) in [7, 11) is 1.35. The van der Waals surface area contributed by atoms with Crippen LogP contribution in [-0.2, 0) is 0 Å². The lowest BCUT2D eigenvalue weighted by Crippen LogP contribution is -2.26. The average molecular weight is 314 g/mol. The summed E-state index contributed by atoms with van der Waals surface area (Å²) in [6.45, 7) is 0. The Morgan fingerprint density at radius 1 is 1.09 bits per heavy atom. The number of hydrogen-bond donors (Lipinski definition) is 1. The Morgan fingerprint density at radius 3 is 2.32 bits per heavy atom. The summed E-state index contributed by atoms with van der Waals surface area (Å²) in [6, 6.07) is 5.68. The first-order chi connectivity index (χ1) is 10.4. The Bertz CT molecular complexity index is 749. The third-order valence-corrected chi connectivity index (χ3v) is 2.81. The van der Waals surface area contributed by atoms with Gasteiger partial charge in [-0.1, -0.05) is 6.07 Å². The molecule has 0 saturated heterocycles. The van der Waals surface area contributed by atoms with Gasteiger partial charge in [-0.15, -0.1) is 0 Å². The van der Waals surface area contributed by atoms with Crippen molar-refractivity contribution < 1.29 is 32.2 Å². The zero-order chi connectivity index (χ0) is 16.4. The van der Waals surface area contributed by atoms with Gasteiger partial charge in [-0.2, -0.15) is 0 Å². The van der Waals surface area contributed by atoms with Gasteiger partial charge in [0.05, 0.1) is 24.3 Å². The van der Waals surface area contributed by atoms with Gasteiger partial charge in [0, 0.05) is 11.8 Å². The third-order valence-electron chi connectivity index (χ3n) is 2.81. The number of aromatic carboxylic acids is 1. The molecule has 116 valence electrons. The van der Waals surface area contributed by atoms with E-state index < -0.39 is 40.5 Å². The van der Waals surface area contributed by atoms with Crippen LogP contribution in [0.3, 0.4) is 0 Å². The summed E-state index contributed by atoms with van der Waals surface area (Å²) in [5.41, 5.74) is -2.45. The van der Waals surface area contributed by atoms with Crippen molar-refractivity contribution in [2.45, 2.75) is 0 Å². The number of rotatable bonds is 4. The average Bonchev–Trinajstić information content (AvgIpc) is 2.50. The zero-order valence-electron chi connectivity index (χ0n) is 11.0. The van der Waals surface area contributed by atoms with Crippen LogP contribution >= 0.6 is 0 Å². The molecule has 0 bridgehead atoms. The maximum atomic E-state index is 13.8. The summed E-state index contributed by atoms with van der Waals surface area (Å²) >= 11 is 0. The van der Waals surface area contributed by atoms with E-state index in [1.165, 1.54) is 31.4 Å².